The minimum atomic E-state index is -0.935. The molecule has 0 N–H and O–H groups in total. The van der Waals surface area contributed by atoms with Crippen LogP contribution in [0.3, 0.4) is 0 Å². The Morgan fingerprint density at radius 3 is 2.58 bits per heavy atom. The van der Waals surface area contributed by atoms with E-state index in [1.165, 1.54) is 15.9 Å². The summed E-state index contributed by atoms with van der Waals surface area (Å²) >= 11 is 0. The van der Waals surface area contributed by atoms with Crippen LogP contribution in [-0.2, 0) is 49.2 Å². The number of carbonyl (C=O) groups excluding carboxylic acids is 2. The largest absolute Gasteiger partial charge is 0.510 e. The van der Waals surface area contributed by atoms with Crippen LogP contribution in [0.4, 0.5) is 10.7 Å². The van der Waals surface area contributed by atoms with Crippen LogP contribution in [0.5, 0.6) is 0 Å². The van der Waals surface area contributed by atoms with Crippen LogP contribution in [-0.4, -0.2) is 39.7 Å². The van der Waals surface area contributed by atoms with Crippen LogP contribution in [0.1, 0.15) is 35.3 Å². The van der Waals surface area contributed by atoms with Crippen molar-refractivity contribution in [3.05, 3.63) is 41.2 Å². The molecule has 1 aromatic carbocycles. The maximum absolute atomic E-state index is 13.1. The molecule has 1 aromatic heterocycles. The van der Waals surface area contributed by atoms with Gasteiger partial charge in [0.1, 0.15) is 6.33 Å². The Hall–Kier alpha value is -1.80. The van der Waals surface area contributed by atoms with E-state index in [4.69, 9.17) is 9.47 Å². The molecule has 9 heteroatoms. The van der Waals surface area contributed by atoms with Crippen molar-refractivity contribution in [2.45, 2.75) is 33.9 Å². The second-order valence-corrected chi connectivity index (χ2v) is 5.44. The molecule has 8 nitrogen and oxygen atoms in total. The Kier molecular flexibility index (Phi) is 8.37. The summed E-state index contributed by atoms with van der Waals surface area (Å²) in [5, 5.41) is 3.98. The van der Waals surface area contributed by atoms with Gasteiger partial charge in [-0.2, -0.15) is 39.4 Å². The number of nitrogens with zero attached hydrogens (tertiary/aromatic N) is 4. The minimum absolute atomic E-state index is 0. The predicted molar refractivity (Wildman–Crippen MR) is 90.1 cm³/mol. The fraction of sp³-hybridized carbons (Fsp3) is 0.412. The van der Waals surface area contributed by atoms with E-state index in [2.05, 4.69) is 16.1 Å². The molecule has 0 aliphatic heterocycles. The third kappa shape index (κ3) is 5.11. The molecule has 1 heterocycles. The van der Waals surface area contributed by atoms with Gasteiger partial charge in [-0.15, -0.1) is 0 Å². The number of carbonyl (C=O) groups is 2. The van der Waals surface area contributed by atoms with Gasteiger partial charge < -0.3 is 9.47 Å². The number of aromatic nitrogens is 3. The maximum Gasteiger partial charge on any atom is 0.510 e. The average Bonchev–Trinajstić information content (AvgIpc) is 2.93. The van der Waals surface area contributed by atoms with Gasteiger partial charge in [-0.05, 0) is 13.8 Å². The van der Waals surface area contributed by atoms with Gasteiger partial charge in [-0.25, -0.2) is 14.4 Å². The Bertz CT molecular complexity index is 778. The molecule has 0 bridgehead atoms. The minimum Gasteiger partial charge on any atom is -0.435 e. The van der Waals surface area contributed by atoms with E-state index in [1.807, 2.05) is 6.92 Å². The number of hydrogen-bond acceptors (Lipinski definition) is 6. The van der Waals surface area contributed by atoms with Crippen molar-refractivity contribution in [1.82, 2.24) is 14.8 Å². The quantitative estimate of drug-likeness (QED) is 0.408. The van der Waals surface area contributed by atoms with E-state index in [0.29, 0.717) is 11.1 Å². The van der Waals surface area contributed by atoms with Crippen molar-refractivity contribution >= 4 is 18.0 Å². The summed E-state index contributed by atoms with van der Waals surface area (Å²) in [6.07, 6.45) is -0.474. The summed E-state index contributed by atoms with van der Waals surface area (Å²) in [5.41, 5.74) is 2.06. The summed E-state index contributed by atoms with van der Waals surface area (Å²) in [6, 6.07) is 6.62. The number of anilines is 1. The topological polar surface area (TPSA) is 86.6 Å². The number of hydrogen-bond donors (Lipinski definition) is 0. The van der Waals surface area contributed by atoms with Crippen LogP contribution in [0.25, 0.3) is 0 Å². The Labute approximate surface area is 177 Å². The van der Waals surface area contributed by atoms with Gasteiger partial charge in [0, 0.05) is 39.8 Å². The predicted octanol–water partition coefficient (Wildman–Crippen LogP) is 2.40. The monoisotopic (exact) mass is 434 g/mol. The molecular weight excluding hydrogens is 413 g/mol. The van der Waals surface area contributed by atoms with E-state index in [9.17, 15) is 9.59 Å². The first-order chi connectivity index (χ1) is 11.8. The van der Waals surface area contributed by atoms with E-state index in [1.54, 1.807) is 40.0 Å². The first-order valence-corrected chi connectivity index (χ1v) is 7.85. The third-order valence-corrected chi connectivity index (χ3v) is 3.53. The van der Waals surface area contributed by atoms with Crippen LogP contribution >= 0.6 is 0 Å². The molecule has 1 unspecified atom stereocenters. The molecule has 0 aliphatic carbocycles. The summed E-state index contributed by atoms with van der Waals surface area (Å²) in [6.45, 7) is 7.11. The van der Waals surface area contributed by atoms with Gasteiger partial charge in [-0.1, -0.05) is 19.4 Å². The van der Waals surface area contributed by atoms with Crippen LogP contribution in [0, 0.1) is 19.9 Å². The van der Waals surface area contributed by atoms with E-state index in [0.717, 1.165) is 5.56 Å². The molecule has 0 aliphatic rings. The summed E-state index contributed by atoms with van der Waals surface area (Å²) in [5.74, 6) is -0.122. The number of ether oxygens (including phenoxy) is 2. The van der Waals surface area contributed by atoms with Crippen molar-refractivity contribution < 1.29 is 51.8 Å². The van der Waals surface area contributed by atoms with Crippen molar-refractivity contribution in [2.24, 2.45) is 7.05 Å². The van der Waals surface area contributed by atoms with Crippen LogP contribution in [0.15, 0.2) is 18.5 Å². The molecule has 0 saturated carbocycles. The number of rotatable bonds is 5. The Balaban J connectivity index is 0.00000338. The zero-order valence-corrected chi connectivity index (χ0v) is 18.4. The molecular formula is C17H21N4O4Y-. The fourth-order valence-corrected chi connectivity index (χ4v) is 2.37. The van der Waals surface area contributed by atoms with Gasteiger partial charge in [0.2, 0.25) is 11.9 Å². The smallest absolute Gasteiger partial charge is 0.435 e. The fourth-order valence-electron chi connectivity index (χ4n) is 2.37. The molecule has 2 aromatic rings. The molecule has 0 fully saturated rings. The zero-order valence-electron chi connectivity index (χ0n) is 15.5. The van der Waals surface area contributed by atoms with Gasteiger partial charge in [0.05, 0.1) is 6.61 Å². The third-order valence-electron chi connectivity index (χ3n) is 3.53. The van der Waals surface area contributed by atoms with Crippen LogP contribution < -0.4 is 4.90 Å². The molecule has 26 heavy (non-hydrogen) atoms. The molecule has 1 atom stereocenters. The van der Waals surface area contributed by atoms with E-state index < -0.39 is 12.4 Å². The van der Waals surface area contributed by atoms with Gasteiger partial charge in [-0.3, -0.25) is 4.79 Å². The Morgan fingerprint density at radius 1 is 1.35 bits per heavy atom. The van der Waals surface area contributed by atoms with Gasteiger partial charge in [0.25, 0.3) is 0 Å². The maximum atomic E-state index is 13.1. The SMILES string of the molecule is CCOC(=O)OC(C)N(C(=O)c1ccc(C)[c-]c1C)c1ncnn1C.[Y]. The molecule has 137 valence electrons. The zero-order chi connectivity index (χ0) is 18.6. The first-order valence-electron chi connectivity index (χ1n) is 7.85. The van der Waals surface area contributed by atoms with Crippen molar-refractivity contribution in [1.29, 1.82) is 0 Å². The number of amides is 1. The number of aryl methyl sites for hydroxylation is 3. The van der Waals surface area contributed by atoms with Gasteiger partial charge >= 0.3 is 6.16 Å². The van der Waals surface area contributed by atoms with Crippen LogP contribution in [0.2, 0.25) is 0 Å². The molecule has 2 rings (SSSR count). The second kappa shape index (κ2) is 9.78. The summed E-state index contributed by atoms with van der Waals surface area (Å²) < 4.78 is 11.4. The second-order valence-electron chi connectivity index (χ2n) is 5.44. The summed E-state index contributed by atoms with van der Waals surface area (Å²) in [7, 11) is 1.65. The molecule has 1 amide bonds. The number of benzene rings is 1. The summed E-state index contributed by atoms with van der Waals surface area (Å²) in [4.78, 5) is 30.1. The van der Waals surface area contributed by atoms with Crippen molar-refractivity contribution in [3.63, 3.8) is 0 Å². The van der Waals surface area contributed by atoms with Crippen molar-refractivity contribution in [3.8, 4) is 0 Å². The van der Waals surface area contributed by atoms with Crippen molar-refractivity contribution in [2.75, 3.05) is 11.5 Å². The van der Waals surface area contributed by atoms with E-state index >= 15 is 0 Å². The first kappa shape index (κ1) is 22.2. The Morgan fingerprint density at radius 2 is 2.04 bits per heavy atom. The van der Waals surface area contributed by atoms with E-state index in [-0.39, 0.29) is 51.2 Å². The molecule has 0 spiro atoms. The van der Waals surface area contributed by atoms with Gasteiger partial charge in [0.15, 0.2) is 6.23 Å². The molecule has 0 saturated heterocycles. The average molecular weight is 434 g/mol. The molecule has 1 radical (unpaired) electrons. The normalized spacial score (nSPS) is 11.3. The standard InChI is InChI=1S/C17H21N4O4.Y/c1-6-24-17(23)25-13(4)21(16-18-10-19-20(16)5)15(22)14-8-7-11(2)9-12(14)3;/h7-8,10,13H,6H2,1-5H3;/q-1;.